The van der Waals surface area contributed by atoms with Crippen LogP contribution in [0.3, 0.4) is 0 Å². The molecule has 6 heteroatoms. The summed E-state index contributed by atoms with van der Waals surface area (Å²) in [5, 5.41) is 7.12. The Kier molecular flexibility index (Phi) is 5.78. The van der Waals surface area contributed by atoms with E-state index in [0.717, 1.165) is 35.0 Å². The van der Waals surface area contributed by atoms with Crippen LogP contribution in [0.4, 0.5) is 0 Å². The van der Waals surface area contributed by atoms with Crippen LogP contribution in [0.25, 0.3) is 10.9 Å². The van der Waals surface area contributed by atoms with Gasteiger partial charge in [-0.3, -0.25) is 9.78 Å². The van der Waals surface area contributed by atoms with E-state index in [1.165, 1.54) is 0 Å². The fourth-order valence-electron chi connectivity index (χ4n) is 3.37. The van der Waals surface area contributed by atoms with Crippen molar-refractivity contribution < 1.29 is 9.53 Å². The molecule has 2 heterocycles. The van der Waals surface area contributed by atoms with Crippen molar-refractivity contribution in [3.8, 4) is 0 Å². The summed E-state index contributed by atoms with van der Waals surface area (Å²) < 4.78 is 5.55. The molecular weight excluding hydrogens is 352 g/mol. The van der Waals surface area contributed by atoms with Crippen molar-refractivity contribution in [3.05, 3.63) is 65.9 Å². The quantitative estimate of drug-likeness (QED) is 0.771. The highest BCUT2D eigenvalue weighted by molar-refractivity contribution is 5.81. The van der Waals surface area contributed by atoms with Gasteiger partial charge < -0.3 is 15.4 Å². The largest absolute Gasteiger partial charge is 0.469 e. The van der Waals surface area contributed by atoms with Crippen LogP contribution in [0.1, 0.15) is 37.9 Å². The van der Waals surface area contributed by atoms with Crippen molar-refractivity contribution in [2.45, 2.75) is 39.2 Å². The maximum Gasteiger partial charge on any atom is 0.258 e. The summed E-state index contributed by atoms with van der Waals surface area (Å²) in [6.07, 6.45) is 4.78. The van der Waals surface area contributed by atoms with Crippen molar-refractivity contribution in [2.75, 3.05) is 6.61 Å². The van der Waals surface area contributed by atoms with Crippen molar-refractivity contribution >= 4 is 23.0 Å². The van der Waals surface area contributed by atoms with Crippen LogP contribution in [0.5, 0.6) is 0 Å². The maximum atomic E-state index is 12.6. The normalized spacial score (nSPS) is 13.8. The summed E-state index contributed by atoms with van der Waals surface area (Å²) in [5.74, 6) is 0.761. The van der Waals surface area contributed by atoms with E-state index in [1.54, 1.807) is 12.3 Å². The molecule has 1 amide bonds. The second-order valence-electron chi connectivity index (χ2n) is 6.87. The van der Waals surface area contributed by atoms with Gasteiger partial charge in [-0.15, -0.1) is 0 Å². The van der Waals surface area contributed by atoms with Crippen LogP contribution in [0.15, 0.2) is 59.7 Å². The molecule has 0 spiro atoms. The fraction of sp³-hybridized carbons (Fsp3) is 0.318. The van der Waals surface area contributed by atoms with E-state index in [2.05, 4.69) is 59.2 Å². The topological polar surface area (TPSA) is 75.6 Å². The van der Waals surface area contributed by atoms with Gasteiger partial charge in [0.15, 0.2) is 12.5 Å². The summed E-state index contributed by atoms with van der Waals surface area (Å²) in [6.45, 7) is 9.76. The second kappa shape index (κ2) is 8.25. The Morgan fingerprint density at radius 3 is 2.75 bits per heavy atom. The smallest absolute Gasteiger partial charge is 0.258 e. The summed E-state index contributed by atoms with van der Waals surface area (Å²) >= 11 is 0. The van der Waals surface area contributed by atoms with E-state index in [1.807, 2.05) is 19.1 Å². The molecule has 146 valence electrons. The first-order chi connectivity index (χ1) is 13.5. The lowest BCUT2D eigenvalue weighted by atomic mass is 9.84. The van der Waals surface area contributed by atoms with Gasteiger partial charge in [-0.05, 0) is 43.5 Å². The first-order valence-corrected chi connectivity index (χ1v) is 9.48. The minimum atomic E-state index is -0.459. The SMILES string of the molecule is C=C1N=CC=C(OCC(=O)NC(CC)(CC)c2ccc3nc(C)ccc3c2)N1. The molecule has 0 atom stereocenters. The first kappa shape index (κ1) is 19.6. The number of nitrogens with one attached hydrogen (secondary N) is 2. The Bertz CT molecular complexity index is 958. The minimum absolute atomic E-state index is 0.0873. The summed E-state index contributed by atoms with van der Waals surface area (Å²) in [4.78, 5) is 21.2. The van der Waals surface area contributed by atoms with E-state index < -0.39 is 5.54 Å². The standard InChI is InChI=1S/C22H26N4O2/c1-5-22(6-2,18-9-10-19-17(13-18)8-7-15(3)24-19)26-20(27)14-28-21-11-12-23-16(4)25-21/h7-13,25H,4-6,14H2,1-3H3,(H,26,27). The molecule has 0 unspecified atom stereocenters. The number of carbonyl (C=O) groups excluding carboxylic acids is 1. The Balaban J connectivity index is 1.76. The van der Waals surface area contributed by atoms with Crippen molar-refractivity contribution in [1.29, 1.82) is 0 Å². The number of nitrogens with zero attached hydrogens (tertiary/aromatic N) is 2. The lowest BCUT2D eigenvalue weighted by molar-refractivity contribution is -0.126. The molecule has 1 aliphatic rings. The van der Waals surface area contributed by atoms with Gasteiger partial charge in [0, 0.05) is 23.4 Å². The number of carbonyl (C=O) groups is 1. The number of hydrogen-bond donors (Lipinski definition) is 2. The van der Waals surface area contributed by atoms with Crippen LogP contribution in [-0.4, -0.2) is 23.7 Å². The van der Waals surface area contributed by atoms with E-state index in [-0.39, 0.29) is 12.5 Å². The average Bonchev–Trinajstić information content (AvgIpc) is 2.70. The second-order valence-corrected chi connectivity index (χ2v) is 6.87. The predicted molar refractivity (Wildman–Crippen MR) is 112 cm³/mol. The highest BCUT2D eigenvalue weighted by Gasteiger charge is 2.30. The number of aromatic nitrogens is 1. The molecule has 0 saturated heterocycles. The molecule has 6 nitrogen and oxygen atoms in total. The molecule has 1 aromatic heterocycles. The number of rotatable bonds is 7. The van der Waals surface area contributed by atoms with Gasteiger partial charge in [0.05, 0.1) is 11.1 Å². The van der Waals surface area contributed by atoms with Gasteiger partial charge in [-0.25, -0.2) is 4.99 Å². The van der Waals surface area contributed by atoms with Crippen molar-refractivity contribution in [2.24, 2.45) is 4.99 Å². The predicted octanol–water partition coefficient (Wildman–Crippen LogP) is 3.68. The molecular formula is C22H26N4O2. The van der Waals surface area contributed by atoms with Gasteiger partial charge >= 0.3 is 0 Å². The zero-order valence-corrected chi connectivity index (χ0v) is 16.6. The third-order valence-corrected chi connectivity index (χ3v) is 5.05. The monoisotopic (exact) mass is 378 g/mol. The van der Waals surface area contributed by atoms with Crippen LogP contribution in [0.2, 0.25) is 0 Å². The van der Waals surface area contributed by atoms with Gasteiger partial charge in [0.2, 0.25) is 0 Å². The molecule has 2 N–H and O–H groups in total. The lowest BCUT2D eigenvalue weighted by Crippen LogP contribution is -2.46. The Hall–Kier alpha value is -3.15. The molecule has 2 aromatic rings. The molecule has 0 radical (unpaired) electrons. The average molecular weight is 378 g/mol. The van der Waals surface area contributed by atoms with Gasteiger partial charge in [-0.2, -0.15) is 0 Å². The molecule has 1 aliphatic heterocycles. The number of ether oxygens (including phenoxy) is 1. The van der Waals surface area contributed by atoms with Gasteiger partial charge in [0.1, 0.15) is 5.82 Å². The van der Waals surface area contributed by atoms with Crippen molar-refractivity contribution in [1.82, 2.24) is 15.6 Å². The Labute approximate surface area is 165 Å². The van der Waals surface area contributed by atoms with E-state index in [9.17, 15) is 4.79 Å². The van der Waals surface area contributed by atoms with Gasteiger partial charge in [0.25, 0.3) is 5.91 Å². The number of aliphatic imine (C=N–C) groups is 1. The van der Waals surface area contributed by atoms with Crippen LogP contribution >= 0.6 is 0 Å². The third-order valence-electron chi connectivity index (χ3n) is 5.05. The molecule has 28 heavy (non-hydrogen) atoms. The number of pyridine rings is 1. The third kappa shape index (κ3) is 4.22. The van der Waals surface area contributed by atoms with Crippen molar-refractivity contribution in [3.63, 3.8) is 0 Å². The number of allylic oxidation sites excluding steroid dienone is 1. The summed E-state index contributed by atoms with van der Waals surface area (Å²) in [7, 11) is 0. The number of hydrogen-bond acceptors (Lipinski definition) is 5. The first-order valence-electron chi connectivity index (χ1n) is 9.48. The lowest BCUT2D eigenvalue weighted by Gasteiger charge is -2.34. The zero-order chi connectivity index (χ0) is 20.1. The summed E-state index contributed by atoms with van der Waals surface area (Å²) in [6, 6.07) is 10.2. The fourth-order valence-corrected chi connectivity index (χ4v) is 3.37. The van der Waals surface area contributed by atoms with E-state index >= 15 is 0 Å². The molecule has 3 rings (SSSR count). The molecule has 1 aromatic carbocycles. The molecule has 0 saturated carbocycles. The molecule has 0 fully saturated rings. The summed E-state index contributed by atoms with van der Waals surface area (Å²) in [5.41, 5.74) is 2.55. The van der Waals surface area contributed by atoms with Crippen LogP contribution in [-0.2, 0) is 15.1 Å². The van der Waals surface area contributed by atoms with E-state index in [4.69, 9.17) is 4.74 Å². The van der Waals surface area contributed by atoms with Crippen LogP contribution in [0, 0.1) is 6.92 Å². The molecule has 0 bridgehead atoms. The Morgan fingerprint density at radius 2 is 2.04 bits per heavy atom. The highest BCUT2D eigenvalue weighted by atomic mass is 16.5. The number of aryl methyl sites for hydroxylation is 1. The van der Waals surface area contributed by atoms with Crippen LogP contribution < -0.4 is 10.6 Å². The maximum absolute atomic E-state index is 12.6. The number of amides is 1. The van der Waals surface area contributed by atoms with Gasteiger partial charge in [-0.1, -0.05) is 32.6 Å². The number of fused-ring (bicyclic) bond motifs is 1. The number of benzene rings is 1. The molecule has 0 aliphatic carbocycles. The van der Waals surface area contributed by atoms with E-state index in [0.29, 0.717) is 11.7 Å². The minimum Gasteiger partial charge on any atom is -0.469 e. The zero-order valence-electron chi connectivity index (χ0n) is 16.6. The highest BCUT2D eigenvalue weighted by Crippen LogP contribution is 2.31. The Morgan fingerprint density at radius 1 is 1.25 bits per heavy atom.